The molecule has 0 heterocycles. The second-order valence-corrected chi connectivity index (χ2v) is 4.99. The fraction of sp³-hybridized carbons (Fsp3) is 0.933. The van der Waals surface area contributed by atoms with Gasteiger partial charge in [-0.2, -0.15) is 0 Å². The molecule has 0 aromatic heterocycles. The van der Waals surface area contributed by atoms with E-state index in [0.717, 1.165) is 25.7 Å². The van der Waals surface area contributed by atoms with E-state index in [1.807, 2.05) is 0 Å². The van der Waals surface area contributed by atoms with Gasteiger partial charge in [-0.3, -0.25) is 4.79 Å². The molecule has 0 aliphatic carbocycles. The standard InChI is InChI=1S/C15H30O3/c1-3-5-7-9-11-14(16)13-15(17)18-12-10-8-6-4-2/h14,16H,3-13H2,1-2H3/t14-/m1/s1. The lowest BCUT2D eigenvalue weighted by Crippen LogP contribution is -2.16. The summed E-state index contributed by atoms with van der Waals surface area (Å²) in [6.45, 7) is 4.81. The van der Waals surface area contributed by atoms with Gasteiger partial charge in [0.15, 0.2) is 0 Å². The summed E-state index contributed by atoms with van der Waals surface area (Å²) in [6, 6.07) is 0. The Morgan fingerprint density at radius 3 is 2.22 bits per heavy atom. The van der Waals surface area contributed by atoms with E-state index in [1.54, 1.807) is 0 Å². The quantitative estimate of drug-likeness (QED) is 0.427. The van der Waals surface area contributed by atoms with E-state index in [-0.39, 0.29) is 12.4 Å². The van der Waals surface area contributed by atoms with Crippen LogP contribution in [0, 0.1) is 0 Å². The number of carbonyl (C=O) groups is 1. The molecule has 0 aliphatic rings. The number of esters is 1. The molecule has 0 radical (unpaired) electrons. The lowest BCUT2D eigenvalue weighted by Gasteiger charge is -2.10. The molecule has 0 fully saturated rings. The van der Waals surface area contributed by atoms with Crippen molar-refractivity contribution in [3.05, 3.63) is 0 Å². The van der Waals surface area contributed by atoms with Crippen LogP contribution in [0.2, 0.25) is 0 Å². The third-order valence-electron chi connectivity index (χ3n) is 3.05. The first kappa shape index (κ1) is 17.4. The highest BCUT2D eigenvalue weighted by atomic mass is 16.5. The maximum Gasteiger partial charge on any atom is 0.308 e. The van der Waals surface area contributed by atoms with Gasteiger partial charge in [0.05, 0.1) is 19.1 Å². The van der Waals surface area contributed by atoms with Crippen LogP contribution < -0.4 is 0 Å². The van der Waals surface area contributed by atoms with Crippen molar-refractivity contribution in [2.24, 2.45) is 0 Å². The molecule has 0 aromatic carbocycles. The lowest BCUT2D eigenvalue weighted by molar-refractivity contribution is -0.146. The molecule has 18 heavy (non-hydrogen) atoms. The fourth-order valence-electron chi connectivity index (χ4n) is 1.87. The minimum absolute atomic E-state index is 0.153. The average molecular weight is 258 g/mol. The van der Waals surface area contributed by atoms with Gasteiger partial charge in [-0.25, -0.2) is 0 Å². The van der Waals surface area contributed by atoms with Crippen molar-refractivity contribution >= 4 is 5.97 Å². The summed E-state index contributed by atoms with van der Waals surface area (Å²) in [7, 11) is 0. The molecule has 0 aromatic rings. The van der Waals surface area contributed by atoms with Gasteiger partial charge in [-0.15, -0.1) is 0 Å². The van der Waals surface area contributed by atoms with Crippen molar-refractivity contribution in [1.29, 1.82) is 0 Å². The normalized spacial score (nSPS) is 12.4. The molecule has 0 bridgehead atoms. The lowest BCUT2D eigenvalue weighted by atomic mass is 10.1. The van der Waals surface area contributed by atoms with Gasteiger partial charge < -0.3 is 9.84 Å². The van der Waals surface area contributed by atoms with Crippen molar-refractivity contribution in [3.63, 3.8) is 0 Å². The topological polar surface area (TPSA) is 46.5 Å². The number of ether oxygens (including phenoxy) is 1. The van der Waals surface area contributed by atoms with Crippen molar-refractivity contribution in [2.75, 3.05) is 6.61 Å². The molecule has 0 saturated carbocycles. The Morgan fingerprint density at radius 1 is 1.00 bits per heavy atom. The summed E-state index contributed by atoms with van der Waals surface area (Å²) >= 11 is 0. The van der Waals surface area contributed by atoms with Crippen LogP contribution in [0.1, 0.15) is 78.1 Å². The van der Waals surface area contributed by atoms with Crippen LogP contribution in [-0.2, 0) is 9.53 Å². The molecule has 1 atom stereocenters. The number of aliphatic hydroxyl groups is 1. The summed E-state index contributed by atoms with van der Waals surface area (Å²) in [6.07, 6.45) is 9.30. The minimum Gasteiger partial charge on any atom is -0.466 e. The van der Waals surface area contributed by atoms with Crippen LogP contribution in [-0.4, -0.2) is 23.8 Å². The Bertz CT molecular complexity index is 192. The van der Waals surface area contributed by atoms with Gasteiger partial charge in [0.2, 0.25) is 0 Å². The molecule has 0 unspecified atom stereocenters. The Morgan fingerprint density at radius 2 is 1.61 bits per heavy atom. The van der Waals surface area contributed by atoms with Gasteiger partial charge in [0.25, 0.3) is 0 Å². The van der Waals surface area contributed by atoms with E-state index in [1.165, 1.54) is 25.7 Å². The number of aliphatic hydroxyl groups excluding tert-OH is 1. The molecule has 0 amide bonds. The zero-order valence-corrected chi connectivity index (χ0v) is 12.1. The van der Waals surface area contributed by atoms with Gasteiger partial charge in [-0.1, -0.05) is 58.8 Å². The largest absolute Gasteiger partial charge is 0.466 e. The smallest absolute Gasteiger partial charge is 0.308 e. The van der Waals surface area contributed by atoms with Crippen LogP contribution >= 0.6 is 0 Å². The SMILES string of the molecule is CCCCCCOC(=O)C[C@H](O)CCCCCC. The first-order chi connectivity index (χ1) is 8.70. The monoisotopic (exact) mass is 258 g/mol. The van der Waals surface area contributed by atoms with E-state index in [0.29, 0.717) is 13.0 Å². The van der Waals surface area contributed by atoms with Crippen molar-refractivity contribution in [1.82, 2.24) is 0 Å². The van der Waals surface area contributed by atoms with E-state index in [4.69, 9.17) is 4.74 Å². The molecule has 0 spiro atoms. The molecular formula is C15H30O3. The van der Waals surface area contributed by atoms with E-state index in [2.05, 4.69) is 13.8 Å². The second kappa shape index (κ2) is 12.9. The van der Waals surface area contributed by atoms with E-state index in [9.17, 15) is 9.90 Å². The summed E-state index contributed by atoms with van der Waals surface area (Å²) in [5, 5.41) is 9.66. The molecule has 108 valence electrons. The van der Waals surface area contributed by atoms with Crippen LogP contribution in [0.4, 0.5) is 0 Å². The Labute approximate surface area is 112 Å². The third kappa shape index (κ3) is 11.9. The fourth-order valence-corrected chi connectivity index (χ4v) is 1.87. The third-order valence-corrected chi connectivity index (χ3v) is 3.05. The predicted molar refractivity (Wildman–Crippen MR) is 74.5 cm³/mol. The molecule has 0 rings (SSSR count). The van der Waals surface area contributed by atoms with E-state index < -0.39 is 6.10 Å². The second-order valence-electron chi connectivity index (χ2n) is 4.99. The zero-order valence-electron chi connectivity index (χ0n) is 12.1. The van der Waals surface area contributed by atoms with Crippen LogP contribution in [0.3, 0.4) is 0 Å². The van der Waals surface area contributed by atoms with Crippen molar-refractivity contribution < 1.29 is 14.6 Å². The minimum atomic E-state index is -0.523. The van der Waals surface area contributed by atoms with Crippen molar-refractivity contribution in [3.8, 4) is 0 Å². The predicted octanol–water partition coefficient (Wildman–Crippen LogP) is 3.83. The maximum absolute atomic E-state index is 11.4. The zero-order chi connectivity index (χ0) is 13.6. The average Bonchev–Trinajstić information content (AvgIpc) is 2.34. The molecule has 1 N–H and O–H groups in total. The number of unbranched alkanes of at least 4 members (excludes halogenated alkanes) is 6. The van der Waals surface area contributed by atoms with Crippen LogP contribution in [0.5, 0.6) is 0 Å². The number of carbonyl (C=O) groups excluding carboxylic acids is 1. The molecular weight excluding hydrogens is 228 g/mol. The summed E-state index contributed by atoms with van der Waals surface area (Å²) in [5.74, 6) is -0.255. The molecule has 3 heteroatoms. The summed E-state index contributed by atoms with van der Waals surface area (Å²) < 4.78 is 5.09. The number of hydrogen-bond acceptors (Lipinski definition) is 3. The molecule has 0 saturated heterocycles. The van der Waals surface area contributed by atoms with Crippen LogP contribution in [0.25, 0.3) is 0 Å². The first-order valence-corrected chi connectivity index (χ1v) is 7.54. The van der Waals surface area contributed by atoms with Gasteiger partial charge in [0, 0.05) is 0 Å². The van der Waals surface area contributed by atoms with Gasteiger partial charge in [0.1, 0.15) is 0 Å². The van der Waals surface area contributed by atoms with Gasteiger partial charge in [-0.05, 0) is 12.8 Å². The molecule has 0 aliphatic heterocycles. The Hall–Kier alpha value is -0.570. The first-order valence-electron chi connectivity index (χ1n) is 7.54. The summed E-state index contributed by atoms with van der Waals surface area (Å²) in [4.78, 5) is 11.4. The number of rotatable bonds is 12. The van der Waals surface area contributed by atoms with Crippen molar-refractivity contribution in [2.45, 2.75) is 84.2 Å². The summed E-state index contributed by atoms with van der Waals surface area (Å²) in [5.41, 5.74) is 0. The van der Waals surface area contributed by atoms with Gasteiger partial charge >= 0.3 is 5.97 Å². The Balaban J connectivity index is 3.37. The van der Waals surface area contributed by atoms with Crippen LogP contribution in [0.15, 0.2) is 0 Å². The molecule has 3 nitrogen and oxygen atoms in total. The Kier molecular flexibility index (Phi) is 12.5. The number of hydrogen-bond donors (Lipinski definition) is 1. The highest BCUT2D eigenvalue weighted by Gasteiger charge is 2.11. The highest BCUT2D eigenvalue weighted by Crippen LogP contribution is 2.09. The highest BCUT2D eigenvalue weighted by molar-refractivity contribution is 5.69. The van der Waals surface area contributed by atoms with E-state index >= 15 is 0 Å². The maximum atomic E-state index is 11.4.